The number of benzene rings is 1. The summed E-state index contributed by atoms with van der Waals surface area (Å²) >= 11 is 0. The summed E-state index contributed by atoms with van der Waals surface area (Å²) in [4.78, 5) is 36.6. The molecule has 1 aromatic rings. The number of rotatable bonds is 7. The fraction of sp³-hybridized carbons (Fsp3) is 0.444. The second-order valence-corrected chi connectivity index (χ2v) is 5.75. The number of nitrogens with zero attached hydrogens (tertiary/aromatic N) is 2. The van der Waals surface area contributed by atoms with Crippen molar-refractivity contribution in [3.63, 3.8) is 0 Å². The Kier molecular flexibility index (Phi) is 8.22. The van der Waals surface area contributed by atoms with E-state index >= 15 is 0 Å². The van der Waals surface area contributed by atoms with Crippen molar-refractivity contribution in [1.29, 1.82) is 0 Å². The van der Waals surface area contributed by atoms with Crippen molar-refractivity contribution in [2.24, 2.45) is 5.10 Å². The fourth-order valence-corrected chi connectivity index (χ4v) is 2.38. The van der Waals surface area contributed by atoms with E-state index < -0.39 is 11.8 Å². The van der Waals surface area contributed by atoms with Crippen molar-refractivity contribution < 1.29 is 28.6 Å². The molecule has 0 saturated carbocycles. The average Bonchev–Trinajstić information content (AvgIpc) is 2.73. The van der Waals surface area contributed by atoms with E-state index in [0.717, 1.165) is 0 Å². The van der Waals surface area contributed by atoms with Gasteiger partial charge < -0.3 is 24.4 Å². The standard InChI is InChI=1S/C18H24N4O6/c1-3-19-17(24)18(25)21-20-11-13-4-5-14(15(10-13)26-2)28-12-16(23)22-6-8-27-9-7-22/h4-5,10-11H,3,6-9,12H2,1-2H3,(H,19,24)(H,21,25)/b20-11-. The Labute approximate surface area is 162 Å². The zero-order valence-electron chi connectivity index (χ0n) is 15.9. The van der Waals surface area contributed by atoms with Gasteiger partial charge in [0, 0.05) is 19.6 Å². The second kappa shape index (κ2) is 10.9. The predicted molar refractivity (Wildman–Crippen MR) is 100 cm³/mol. The molecule has 10 nitrogen and oxygen atoms in total. The Morgan fingerprint density at radius 3 is 2.64 bits per heavy atom. The summed E-state index contributed by atoms with van der Waals surface area (Å²) in [6.45, 7) is 4.11. The van der Waals surface area contributed by atoms with Gasteiger partial charge in [0.25, 0.3) is 5.91 Å². The van der Waals surface area contributed by atoms with Gasteiger partial charge in [-0.25, -0.2) is 5.43 Å². The lowest BCUT2D eigenvalue weighted by molar-refractivity contribution is -0.139. The Morgan fingerprint density at radius 1 is 1.21 bits per heavy atom. The molecule has 0 radical (unpaired) electrons. The summed E-state index contributed by atoms with van der Waals surface area (Å²) in [5.41, 5.74) is 2.74. The first-order valence-electron chi connectivity index (χ1n) is 8.82. The van der Waals surface area contributed by atoms with Gasteiger partial charge in [0.15, 0.2) is 18.1 Å². The van der Waals surface area contributed by atoms with Gasteiger partial charge in [0.05, 0.1) is 26.5 Å². The Morgan fingerprint density at radius 2 is 1.96 bits per heavy atom. The summed E-state index contributed by atoms with van der Waals surface area (Å²) in [6, 6.07) is 4.95. The molecular weight excluding hydrogens is 368 g/mol. The van der Waals surface area contributed by atoms with Crippen LogP contribution in [0.2, 0.25) is 0 Å². The van der Waals surface area contributed by atoms with E-state index in [1.165, 1.54) is 13.3 Å². The van der Waals surface area contributed by atoms with Crippen LogP contribution in [0, 0.1) is 0 Å². The Bertz CT molecular complexity index is 731. The predicted octanol–water partition coefficient (Wildman–Crippen LogP) is -0.481. The zero-order valence-corrected chi connectivity index (χ0v) is 15.9. The van der Waals surface area contributed by atoms with Gasteiger partial charge in [0.2, 0.25) is 0 Å². The highest BCUT2D eigenvalue weighted by molar-refractivity contribution is 6.35. The van der Waals surface area contributed by atoms with Gasteiger partial charge in [-0.2, -0.15) is 5.10 Å². The Hall–Kier alpha value is -3.14. The highest BCUT2D eigenvalue weighted by Gasteiger charge is 2.18. The van der Waals surface area contributed by atoms with Crippen LogP contribution in [0.15, 0.2) is 23.3 Å². The van der Waals surface area contributed by atoms with Crippen molar-refractivity contribution in [3.8, 4) is 11.5 Å². The minimum atomic E-state index is -0.855. The highest BCUT2D eigenvalue weighted by atomic mass is 16.5. The normalized spacial score (nSPS) is 13.9. The monoisotopic (exact) mass is 392 g/mol. The van der Waals surface area contributed by atoms with E-state index in [4.69, 9.17) is 14.2 Å². The van der Waals surface area contributed by atoms with Crippen molar-refractivity contribution in [2.45, 2.75) is 6.92 Å². The van der Waals surface area contributed by atoms with Crippen molar-refractivity contribution in [1.82, 2.24) is 15.6 Å². The van der Waals surface area contributed by atoms with Gasteiger partial charge in [-0.1, -0.05) is 0 Å². The number of hydrogen-bond donors (Lipinski definition) is 2. The molecule has 0 bridgehead atoms. The molecule has 1 fully saturated rings. The third kappa shape index (κ3) is 6.23. The minimum absolute atomic E-state index is 0.105. The first-order chi connectivity index (χ1) is 13.5. The molecule has 0 aromatic heterocycles. The van der Waals surface area contributed by atoms with Crippen LogP contribution in [0.1, 0.15) is 12.5 Å². The molecule has 0 spiro atoms. The number of hydrogen-bond acceptors (Lipinski definition) is 7. The maximum absolute atomic E-state index is 12.2. The molecule has 1 aliphatic heterocycles. The van der Waals surface area contributed by atoms with E-state index in [9.17, 15) is 14.4 Å². The molecule has 2 N–H and O–H groups in total. The lowest BCUT2D eigenvalue weighted by Crippen LogP contribution is -2.43. The van der Waals surface area contributed by atoms with E-state index in [-0.39, 0.29) is 12.5 Å². The van der Waals surface area contributed by atoms with Crippen LogP contribution in [0.5, 0.6) is 11.5 Å². The smallest absolute Gasteiger partial charge is 0.329 e. The van der Waals surface area contributed by atoms with Crippen LogP contribution in [-0.2, 0) is 19.1 Å². The van der Waals surface area contributed by atoms with Gasteiger partial charge in [0.1, 0.15) is 0 Å². The van der Waals surface area contributed by atoms with Crippen LogP contribution in [0.25, 0.3) is 0 Å². The van der Waals surface area contributed by atoms with Gasteiger partial charge >= 0.3 is 11.8 Å². The summed E-state index contributed by atoms with van der Waals surface area (Å²) in [7, 11) is 1.48. The number of methoxy groups -OCH3 is 1. The molecule has 0 atom stereocenters. The molecule has 152 valence electrons. The molecule has 10 heteroatoms. The number of carbonyl (C=O) groups excluding carboxylic acids is 3. The van der Waals surface area contributed by atoms with Crippen LogP contribution < -0.4 is 20.2 Å². The molecule has 3 amide bonds. The number of ether oxygens (including phenoxy) is 3. The lowest BCUT2D eigenvalue weighted by atomic mass is 10.2. The first-order valence-corrected chi connectivity index (χ1v) is 8.82. The molecule has 1 aliphatic rings. The summed E-state index contributed by atoms with van der Waals surface area (Å²) in [5.74, 6) is -0.914. The third-order valence-electron chi connectivity index (χ3n) is 3.83. The summed E-state index contributed by atoms with van der Waals surface area (Å²) in [6.07, 6.45) is 1.36. The number of likely N-dealkylation sites (N-methyl/N-ethyl adjacent to an activating group) is 1. The quantitative estimate of drug-likeness (QED) is 0.368. The SMILES string of the molecule is CCNC(=O)C(=O)N/N=C\c1ccc(OCC(=O)N2CCOCC2)c(OC)c1. The number of nitrogens with one attached hydrogen (secondary N) is 2. The fourth-order valence-electron chi connectivity index (χ4n) is 2.38. The van der Waals surface area contributed by atoms with Gasteiger partial charge in [-0.05, 0) is 30.7 Å². The van der Waals surface area contributed by atoms with E-state index in [0.29, 0.717) is 49.9 Å². The van der Waals surface area contributed by atoms with Gasteiger partial charge in [-0.15, -0.1) is 0 Å². The largest absolute Gasteiger partial charge is 0.493 e. The van der Waals surface area contributed by atoms with E-state index in [1.807, 2.05) is 0 Å². The second-order valence-electron chi connectivity index (χ2n) is 5.75. The lowest BCUT2D eigenvalue weighted by Gasteiger charge is -2.26. The number of carbonyl (C=O) groups is 3. The average molecular weight is 392 g/mol. The maximum atomic E-state index is 12.2. The van der Waals surface area contributed by atoms with Crippen LogP contribution in [0.3, 0.4) is 0 Å². The molecular formula is C18H24N4O6. The van der Waals surface area contributed by atoms with Crippen LogP contribution >= 0.6 is 0 Å². The Balaban J connectivity index is 1.91. The summed E-state index contributed by atoms with van der Waals surface area (Å²) in [5, 5.41) is 6.10. The van der Waals surface area contributed by atoms with E-state index in [2.05, 4.69) is 15.8 Å². The van der Waals surface area contributed by atoms with Crippen molar-refractivity contribution in [3.05, 3.63) is 23.8 Å². The molecule has 1 heterocycles. The molecule has 0 aliphatic carbocycles. The third-order valence-corrected chi connectivity index (χ3v) is 3.83. The molecule has 28 heavy (non-hydrogen) atoms. The van der Waals surface area contributed by atoms with E-state index in [1.54, 1.807) is 30.0 Å². The topological polar surface area (TPSA) is 119 Å². The minimum Gasteiger partial charge on any atom is -0.493 e. The van der Waals surface area contributed by atoms with Crippen LogP contribution in [-0.4, -0.2) is 75.4 Å². The van der Waals surface area contributed by atoms with Crippen molar-refractivity contribution >= 4 is 23.9 Å². The zero-order chi connectivity index (χ0) is 20.4. The van der Waals surface area contributed by atoms with Gasteiger partial charge in [-0.3, -0.25) is 14.4 Å². The first kappa shape index (κ1) is 21.2. The molecule has 1 saturated heterocycles. The number of amides is 3. The maximum Gasteiger partial charge on any atom is 0.329 e. The molecule has 1 aromatic carbocycles. The highest BCUT2D eigenvalue weighted by Crippen LogP contribution is 2.27. The number of morpholine rings is 1. The van der Waals surface area contributed by atoms with Crippen LogP contribution in [0.4, 0.5) is 0 Å². The van der Waals surface area contributed by atoms with Crippen molar-refractivity contribution in [2.75, 3.05) is 46.6 Å². The number of hydrazone groups is 1. The molecule has 2 rings (SSSR count). The summed E-state index contributed by atoms with van der Waals surface area (Å²) < 4.78 is 16.1. The molecule has 0 unspecified atom stereocenters.